The maximum atomic E-state index is 12.2. The Hall–Kier alpha value is -2.04. The van der Waals surface area contributed by atoms with E-state index in [1.807, 2.05) is 31.2 Å². The molecule has 1 aromatic rings. The SMILES string of the molecule is Cc1cccc(OCCCCC(=O)N2CCC[C@H](C(N)=O)C2)c1. The molecule has 1 aliphatic rings. The summed E-state index contributed by atoms with van der Waals surface area (Å²) in [7, 11) is 0. The van der Waals surface area contributed by atoms with Crippen molar-refractivity contribution in [2.75, 3.05) is 19.7 Å². The quantitative estimate of drug-likeness (QED) is 0.784. The van der Waals surface area contributed by atoms with Gasteiger partial charge in [0.2, 0.25) is 11.8 Å². The number of carbonyl (C=O) groups is 2. The second-order valence-electron chi connectivity index (χ2n) is 6.20. The molecule has 0 aromatic heterocycles. The smallest absolute Gasteiger partial charge is 0.222 e. The molecule has 1 aromatic carbocycles. The first-order chi connectivity index (χ1) is 11.1. The van der Waals surface area contributed by atoms with Crippen LogP contribution in [0.15, 0.2) is 24.3 Å². The fraction of sp³-hybridized carbons (Fsp3) is 0.556. The lowest BCUT2D eigenvalue weighted by atomic mass is 9.97. The number of aryl methyl sites for hydroxylation is 1. The van der Waals surface area contributed by atoms with Gasteiger partial charge in [0.25, 0.3) is 0 Å². The van der Waals surface area contributed by atoms with Gasteiger partial charge in [-0.25, -0.2) is 0 Å². The number of nitrogens with zero attached hydrogens (tertiary/aromatic N) is 1. The van der Waals surface area contributed by atoms with E-state index in [1.54, 1.807) is 4.90 Å². The lowest BCUT2D eigenvalue weighted by Gasteiger charge is -2.31. The largest absolute Gasteiger partial charge is 0.494 e. The third-order valence-electron chi connectivity index (χ3n) is 4.22. The number of unbranched alkanes of at least 4 members (excludes halogenated alkanes) is 1. The van der Waals surface area contributed by atoms with Crippen LogP contribution in [-0.4, -0.2) is 36.4 Å². The molecule has 0 unspecified atom stereocenters. The summed E-state index contributed by atoms with van der Waals surface area (Å²) in [5.41, 5.74) is 6.51. The highest BCUT2D eigenvalue weighted by Crippen LogP contribution is 2.17. The number of amides is 2. The number of nitrogens with two attached hydrogens (primary N) is 1. The Morgan fingerprint density at radius 1 is 1.35 bits per heavy atom. The summed E-state index contributed by atoms with van der Waals surface area (Å²) < 4.78 is 5.68. The highest BCUT2D eigenvalue weighted by molar-refractivity contribution is 5.80. The second kappa shape index (κ2) is 8.56. The zero-order chi connectivity index (χ0) is 16.7. The average Bonchev–Trinajstić information content (AvgIpc) is 2.54. The van der Waals surface area contributed by atoms with Crippen molar-refractivity contribution in [1.82, 2.24) is 4.90 Å². The second-order valence-corrected chi connectivity index (χ2v) is 6.20. The van der Waals surface area contributed by atoms with Crippen LogP contribution in [0.4, 0.5) is 0 Å². The van der Waals surface area contributed by atoms with Gasteiger partial charge >= 0.3 is 0 Å². The summed E-state index contributed by atoms with van der Waals surface area (Å²) in [5.74, 6) is 0.509. The van der Waals surface area contributed by atoms with Crippen molar-refractivity contribution in [2.24, 2.45) is 11.7 Å². The number of rotatable bonds is 7. The first kappa shape index (κ1) is 17.3. The van der Waals surface area contributed by atoms with Gasteiger partial charge in [0, 0.05) is 19.5 Å². The van der Waals surface area contributed by atoms with E-state index in [4.69, 9.17) is 10.5 Å². The summed E-state index contributed by atoms with van der Waals surface area (Å²) in [6.45, 7) is 3.86. The van der Waals surface area contributed by atoms with E-state index in [2.05, 4.69) is 0 Å². The molecule has 0 radical (unpaired) electrons. The summed E-state index contributed by atoms with van der Waals surface area (Å²) in [6.07, 6.45) is 3.79. The minimum absolute atomic E-state index is 0.117. The third kappa shape index (κ3) is 5.58. The minimum atomic E-state index is -0.297. The van der Waals surface area contributed by atoms with Crippen LogP contribution < -0.4 is 10.5 Å². The van der Waals surface area contributed by atoms with E-state index in [0.717, 1.165) is 38.0 Å². The van der Waals surface area contributed by atoms with Gasteiger partial charge in [0.1, 0.15) is 5.75 Å². The van der Waals surface area contributed by atoms with Crippen molar-refractivity contribution in [3.63, 3.8) is 0 Å². The van der Waals surface area contributed by atoms with Crippen molar-refractivity contribution in [2.45, 2.75) is 39.0 Å². The van der Waals surface area contributed by atoms with Gasteiger partial charge in [-0.2, -0.15) is 0 Å². The molecule has 0 saturated carbocycles. The number of benzene rings is 1. The molecule has 126 valence electrons. The van der Waals surface area contributed by atoms with Gasteiger partial charge in [0.05, 0.1) is 12.5 Å². The molecule has 1 heterocycles. The van der Waals surface area contributed by atoms with Crippen LogP contribution in [0.2, 0.25) is 0 Å². The topological polar surface area (TPSA) is 72.6 Å². The van der Waals surface area contributed by atoms with E-state index in [0.29, 0.717) is 19.6 Å². The van der Waals surface area contributed by atoms with Crippen LogP contribution in [0, 0.1) is 12.8 Å². The molecular formula is C18H26N2O3. The molecule has 2 rings (SSSR count). The van der Waals surface area contributed by atoms with Gasteiger partial charge in [0.15, 0.2) is 0 Å². The standard InChI is InChI=1S/C18H26N2O3/c1-14-6-4-8-16(12-14)23-11-3-2-9-17(21)20-10-5-7-15(13-20)18(19)22/h4,6,8,12,15H,2-3,5,7,9-11,13H2,1H3,(H2,19,22)/t15-/m0/s1. The van der Waals surface area contributed by atoms with Crippen LogP contribution >= 0.6 is 0 Å². The highest BCUT2D eigenvalue weighted by Gasteiger charge is 2.26. The van der Waals surface area contributed by atoms with Crippen LogP contribution in [0.1, 0.15) is 37.7 Å². The summed E-state index contributed by atoms with van der Waals surface area (Å²) in [5, 5.41) is 0. The molecule has 0 spiro atoms. The van der Waals surface area contributed by atoms with Crippen LogP contribution in [0.3, 0.4) is 0 Å². The number of primary amides is 1. The Kier molecular flexibility index (Phi) is 6.44. The van der Waals surface area contributed by atoms with E-state index >= 15 is 0 Å². The predicted octanol–water partition coefficient (Wildman–Crippen LogP) is 2.27. The molecule has 2 amide bonds. The van der Waals surface area contributed by atoms with Crippen LogP contribution in [0.5, 0.6) is 5.75 Å². The minimum Gasteiger partial charge on any atom is -0.494 e. The Morgan fingerprint density at radius 3 is 2.91 bits per heavy atom. The van der Waals surface area contributed by atoms with Crippen molar-refractivity contribution < 1.29 is 14.3 Å². The zero-order valence-corrected chi connectivity index (χ0v) is 13.8. The zero-order valence-electron chi connectivity index (χ0n) is 13.8. The maximum Gasteiger partial charge on any atom is 0.222 e. The number of ether oxygens (including phenoxy) is 1. The number of carbonyl (C=O) groups excluding carboxylic acids is 2. The van der Waals surface area contributed by atoms with E-state index in [1.165, 1.54) is 5.56 Å². The summed E-state index contributed by atoms with van der Waals surface area (Å²) in [6, 6.07) is 7.95. The molecule has 2 N–H and O–H groups in total. The highest BCUT2D eigenvalue weighted by atomic mass is 16.5. The van der Waals surface area contributed by atoms with E-state index in [-0.39, 0.29) is 17.7 Å². The Labute approximate surface area is 137 Å². The Balaban J connectivity index is 1.64. The lowest BCUT2D eigenvalue weighted by molar-refractivity contribution is -0.135. The molecule has 5 heteroatoms. The molecule has 0 bridgehead atoms. The monoisotopic (exact) mass is 318 g/mol. The van der Waals surface area contributed by atoms with Gasteiger partial charge in [-0.3, -0.25) is 9.59 Å². The van der Waals surface area contributed by atoms with Gasteiger partial charge < -0.3 is 15.4 Å². The maximum absolute atomic E-state index is 12.2. The lowest BCUT2D eigenvalue weighted by Crippen LogP contribution is -2.44. The normalized spacial score (nSPS) is 17.8. The van der Waals surface area contributed by atoms with Crippen LogP contribution in [0.25, 0.3) is 0 Å². The molecule has 0 aliphatic carbocycles. The van der Waals surface area contributed by atoms with Gasteiger partial charge in [-0.15, -0.1) is 0 Å². The predicted molar refractivity (Wildman–Crippen MR) is 89.0 cm³/mol. The fourth-order valence-corrected chi connectivity index (χ4v) is 2.87. The molecule has 1 fully saturated rings. The first-order valence-corrected chi connectivity index (χ1v) is 8.33. The number of hydrogen-bond acceptors (Lipinski definition) is 3. The Morgan fingerprint density at radius 2 is 2.17 bits per heavy atom. The van der Waals surface area contributed by atoms with Crippen molar-refractivity contribution in [1.29, 1.82) is 0 Å². The van der Waals surface area contributed by atoms with Crippen molar-refractivity contribution in [3.05, 3.63) is 29.8 Å². The van der Waals surface area contributed by atoms with Crippen molar-refractivity contribution >= 4 is 11.8 Å². The number of hydrogen-bond donors (Lipinski definition) is 1. The fourth-order valence-electron chi connectivity index (χ4n) is 2.87. The molecule has 5 nitrogen and oxygen atoms in total. The molecular weight excluding hydrogens is 292 g/mol. The van der Waals surface area contributed by atoms with Gasteiger partial charge in [-0.05, 0) is 50.3 Å². The molecule has 23 heavy (non-hydrogen) atoms. The van der Waals surface area contributed by atoms with E-state index in [9.17, 15) is 9.59 Å². The first-order valence-electron chi connectivity index (χ1n) is 8.33. The third-order valence-corrected chi connectivity index (χ3v) is 4.22. The molecule has 1 saturated heterocycles. The van der Waals surface area contributed by atoms with Gasteiger partial charge in [-0.1, -0.05) is 12.1 Å². The summed E-state index contributed by atoms with van der Waals surface area (Å²) in [4.78, 5) is 25.2. The van der Waals surface area contributed by atoms with Crippen LogP contribution in [-0.2, 0) is 9.59 Å². The van der Waals surface area contributed by atoms with E-state index < -0.39 is 0 Å². The molecule has 1 atom stereocenters. The number of likely N-dealkylation sites (tertiary alicyclic amines) is 1. The number of piperidine rings is 1. The Bertz CT molecular complexity index is 545. The summed E-state index contributed by atoms with van der Waals surface area (Å²) >= 11 is 0. The van der Waals surface area contributed by atoms with Crippen molar-refractivity contribution in [3.8, 4) is 5.75 Å². The molecule has 1 aliphatic heterocycles. The average molecular weight is 318 g/mol.